The van der Waals surface area contributed by atoms with Crippen molar-refractivity contribution in [2.75, 3.05) is 11.1 Å². The molecular formula is C25H20N2O3P+. The monoisotopic (exact) mass is 427 g/mol. The molecule has 152 valence electrons. The van der Waals surface area contributed by atoms with Crippen LogP contribution >= 0.6 is 8.03 Å². The molecule has 0 aliphatic carbocycles. The number of nitrogens with one attached hydrogen (secondary N) is 1. The second-order valence-corrected chi connectivity index (χ2v) is 8.04. The van der Waals surface area contributed by atoms with Crippen LogP contribution in [0.15, 0.2) is 103 Å². The fraction of sp³-hybridized carbons (Fsp3) is 0. The van der Waals surface area contributed by atoms with Gasteiger partial charge in [0, 0.05) is 5.56 Å². The number of benzene rings is 4. The van der Waals surface area contributed by atoms with Gasteiger partial charge >= 0.3 is 8.03 Å². The quantitative estimate of drug-likeness (QED) is 0.308. The molecule has 0 saturated carbocycles. The molecular weight excluding hydrogens is 407 g/mol. The van der Waals surface area contributed by atoms with Crippen molar-refractivity contribution in [2.45, 2.75) is 0 Å². The van der Waals surface area contributed by atoms with Crippen molar-refractivity contribution in [3.63, 3.8) is 0 Å². The normalized spacial score (nSPS) is 10.9. The molecule has 0 aliphatic rings. The van der Waals surface area contributed by atoms with Crippen molar-refractivity contribution in [1.82, 2.24) is 0 Å². The maximum Gasteiger partial charge on any atom is 0.597 e. The predicted octanol–water partition coefficient (Wildman–Crippen LogP) is 5.63. The minimum Gasteiger partial charge on any atom is -0.397 e. The summed E-state index contributed by atoms with van der Waals surface area (Å²) in [6.07, 6.45) is 0. The molecule has 0 bridgehead atoms. The Labute approximate surface area is 181 Å². The Bertz CT molecular complexity index is 1210. The van der Waals surface area contributed by atoms with Crippen molar-refractivity contribution in [3.8, 4) is 16.9 Å². The van der Waals surface area contributed by atoms with Crippen LogP contribution in [0.2, 0.25) is 0 Å². The van der Waals surface area contributed by atoms with Gasteiger partial charge in [-0.3, -0.25) is 9.32 Å². The molecule has 4 rings (SSSR count). The van der Waals surface area contributed by atoms with Gasteiger partial charge in [-0.25, -0.2) is 0 Å². The van der Waals surface area contributed by atoms with E-state index in [1.54, 1.807) is 54.6 Å². The zero-order chi connectivity index (χ0) is 21.6. The fourth-order valence-electron chi connectivity index (χ4n) is 3.03. The van der Waals surface area contributed by atoms with Gasteiger partial charge < -0.3 is 11.1 Å². The van der Waals surface area contributed by atoms with Crippen molar-refractivity contribution >= 4 is 30.6 Å². The summed E-state index contributed by atoms with van der Waals surface area (Å²) in [6, 6.07) is 30.8. The molecule has 0 radical (unpaired) electrons. The Hall–Kier alpha value is -3.95. The number of hydrogen-bond donors (Lipinski definition) is 2. The number of anilines is 2. The summed E-state index contributed by atoms with van der Waals surface area (Å²) in [6.45, 7) is 0. The molecule has 1 amide bonds. The zero-order valence-electron chi connectivity index (χ0n) is 16.6. The molecule has 1 atom stereocenters. The summed E-state index contributed by atoms with van der Waals surface area (Å²) in [5, 5.41) is 3.47. The lowest BCUT2D eigenvalue weighted by molar-refractivity contribution is 0.102. The van der Waals surface area contributed by atoms with Crippen LogP contribution in [0.3, 0.4) is 0 Å². The Morgan fingerprint density at radius 2 is 1.42 bits per heavy atom. The van der Waals surface area contributed by atoms with Crippen molar-refractivity contribution in [2.24, 2.45) is 0 Å². The van der Waals surface area contributed by atoms with Gasteiger partial charge in [0.2, 0.25) is 5.30 Å². The molecule has 0 saturated heterocycles. The molecule has 0 aliphatic heterocycles. The average molecular weight is 427 g/mol. The van der Waals surface area contributed by atoms with E-state index in [1.807, 2.05) is 48.5 Å². The van der Waals surface area contributed by atoms with Crippen LogP contribution in [0.25, 0.3) is 11.1 Å². The lowest BCUT2D eigenvalue weighted by atomic mass is 10.0. The molecule has 31 heavy (non-hydrogen) atoms. The molecule has 0 aromatic heterocycles. The third-order valence-corrected chi connectivity index (χ3v) is 5.78. The lowest BCUT2D eigenvalue weighted by Crippen LogP contribution is -2.13. The first-order valence-electron chi connectivity index (χ1n) is 9.67. The molecule has 5 nitrogen and oxygen atoms in total. The maximum atomic E-state index is 12.7. The highest BCUT2D eigenvalue weighted by Gasteiger charge is 2.23. The number of carbonyl (C=O) groups excluding carboxylic acids is 1. The van der Waals surface area contributed by atoms with E-state index in [-0.39, 0.29) is 5.91 Å². The topological polar surface area (TPSA) is 81.4 Å². The first-order chi connectivity index (χ1) is 15.1. The number of amides is 1. The first kappa shape index (κ1) is 20.3. The minimum absolute atomic E-state index is 0.295. The Morgan fingerprint density at radius 3 is 2.10 bits per heavy atom. The second kappa shape index (κ2) is 9.24. The van der Waals surface area contributed by atoms with Crippen molar-refractivity contribution in [1.29, 1.82) is 0 Å². The number of carbonyl (C=O) groups is 1. The molecule has 3 N–H and O–H groups in total. The van der Waals surface area contributed by atoms with E-state index in [1.165, 1.54) is 0 Å². The third kappa shape index (κ3) is 4.97. The smallest absolute Gasteiger partial charge is 0.397 e. The highest BCUT2D eigenvalue weighted by atomic mass is 31.1. The van der Waals surface area contributed by atoms with E-state index in [2.05, 4.69) is 5.32 Å². The highest BCUT2D eigenvalue weighted by molar-refractivity contribution is 7.48. The van der Waals surface area contributed by atoms with Gasteiger partial charge in [-0.15, -0.1) is 0 Å². The van der Waals surface area contributed by atoms with E-state index in [0.29, 0.717) is 28.0 Å². The second-order valence-electron chi connectivity index (χ2n) is 6.83. The standard InChI is InChI=1S/C25H19N2O3P/c26-23-16-13-20(18-7-3-1-4-8-18)17-24(23)27-25(28)19-11-14-21(15-12-19)30-31(29)22-9-5-2-6-10-22/h1-17H,26H2/p+1. The van der Waals surface area contributed by atoms with Crippen LogP contribution in [0.1, 0.15) is 10.4 Å². The van der Waals surface area contributed by atoms with Crippen molar-refractivity contribution in [3.05, 3.63) is 109 Å². The zero-order valence-corrected chi connectivity index (χ0v) is 17.5. The van der Waals surface area contributed by atoms with Crippen LogP contribution < -0.4 is 20.9 Å². The van der Waals surface area contributed by atoms with Crippen LogP contribution in [0.4, 0.5) is 11.4 Å². The van der Waals surface area contributed by atoms with E-state index < -0.39 is 8.03 Å². The minimum atomic E-state index is -2.01. The van der Waals surface area contributed by atoms with Crippen LogP contribution in [-0.4, -0.2) is 5.91 Å². The van der Waals surface area contributed by atoms with Crippen LogP contribution in [0.5, 0.6) is 5.75 Å². The SMILES string of the molecule is Nc1ccc(-c2ccccc2)cc1NC(=O)c1ccc(O[P+](=O)c2ccccc2)cc1. The first-order valence-corrected chi connectivity index (χ1v) is 10.8. The summed E-state index contributed by atoms with van der Waals surface area (Å²) < 4.78 is 17.8. The molecule has 0 fully saturated rings. The molecule has 0 heterocycles. The molecule has 4 aromatic rings. The summed E-state index contributed by atoms with van der Waals surface area (Å²) in [4.78, 5) is 12.7. The highest BCUT2D eigenvalue weighted by Crippen LogP contribution is 2.29. The van der Waals surface area contributed by atoms with Crippen LogP contribution in [-0.2, 0) is 4.57 Å². The van der Waals surface area contributed by atoms with Gasteiger partial charge in [-0.05, 0) is 64.2 Å². The average Bonchev–Trinajstić information content (AvgIpc) is 2.82. The van der Waals surface area contributed by atoms with Gasteiger partial charge in [0.25, 0.3) is 5.91 Å². The molecule has 4 aromatic carbocycles. The van der Waals surface area contributed by atoms with Gasteiger partial charge in [-0.2, -0.15) is 0 Å². The number of rotatable bonds is 6. The van der Waals surface area contributed by atoms with Gasteiger partial charge in [0.05, 0.1) is 11.4 Å². The van der Waals surface area contributed by atoms with E-state index >= 15 is 0 Å². The maximum absolute atomic E-state index is 12.7. The molecule has 0 spiro atoms. The number of hydrogen-bond acceptors (Lipinski definition) is 4. The van der Waals surface area contributed by atoms with E-state index in [4.69, 9.17) is 10.3 Å². The fourth-order valence-corrected chi connectivity index (χ4v) is 3.87. The lowest BCUT2D eigenvalue weighted by Gasteiger charge is -2.11. The largest absolute Gasteiger partial charge is 0.597 e. The molecule has 6 heteroatoms. The van der Waals surface area contributed by atoms with Crippen LogP contribution in [0, 0.1) is 0 Å². The van der Waals surface area contributed by atoms with E-state index in [9.17, 15) is 9.36 Å². The van der Waals surface area contributed by atoms with Gasteiger partial charge in [0.1, 0.15) is 0 Å². The molecule has 1 unspecified atom stereocenters. The van der Waals surface area contributed by atoms with Crippen molar-refractivity contribution < 1.29 is 13.9 Å². The summed E-state index contributed by atoms with van der Waals surface area (Å²) in [5.74, 6) is 0.128. The Morgan fingerprint density at radius 1 is 0.774 bits per heavy atom. The Balaban J connectivity index is 1.46. The predicted molar refractivity (Wildman–Crippen MR) is 125 cm³/mol. The summed E-state index contributed by atoms with van der Waals surface area (Å²) in [7, 11) is -2.01. The summed E-state index contributed by atoms with van der Waals surface area (Å²) >= 11 is 0. The third-order valence-electron chi connectivity index (χ3n) is 4.68. The number of nitrogens with two attached hydrogens (primary N) is 1. The Kier molecular flexibility index (Phi) is 6.06. The summed E-state index contributed by atoms with van der Waals surface area (Å²) in [5.41, 5.74) is 9.51. The number of nitrogen functional groups attached to an aromatic ring is 1. The van der Waals surface area contributed by atoms with Gasteiger partial charge in [-0.1, -0.05) is 54.6 Å². The van der Waals surface area contributed by atoms with E-state index in [0.717, 1.165) is 11.1 Å². The van der Waals surface area contributed by atoms with Gasteiger partial charge in [0.15, 0.2) is 5.75 Å².